The lowest BCUT2D eigenvalue weighted by atomic mass is 10.1. The second kappa shape index (κ2) is 8.87. The number of hydrogen-bond acceptors (Lipinski definition) is 6. The van der Waals surface area contributed by atoms with Gasteiger partial charge in [0.25, 0.3) is 5.91 Å². The van der Waals surface area contributed by atoms with E-state index < -0.39 is 11.6 Å². The third-order valence-electron chi connectivity index (χ3n) is 6.50. The Morgan fingerprint density at radius 3 is 2.70 bits per heavy atom. The van der Waals surface area contributed by atoms with Crippen molar-refractivity contribution >= 4 is 38.8 Å². The Hall–Kier alpha value is -2.78. The molecule has 0 unspecified atom stereocenters. The van der Waals surface area contributed by atoms with Crippen LogP contribution in [0.1, 0.15) is 33.8 Å². The highest BCUT2D eigenvalue weighted by atomic mass is 32.1. The zero-order valence-electron chi connectivity index (χ0n) is 18.7. The Balaban J connectivity index is 1.26. The summed E-state index contributed by atoms with van der Waals surface area (Å²) in [6.07, 6.45) is 2.36. The van der Waals surface area contributed by atoms with Crippen molar-refractivity contribution in [1.82, 2.24) is 15.6 Å². The van der Waals surface area contributed by atoms with Crippen LogP contribution in [-0.4, -0.2) is 49.7 Å². The van der Waals surface area contributed by atoms with E-state index >= 15 is 0 Å². The summed E-state index contributed by atoms with van der Waals surface area (Å²) in [6.45, 7) is 3.50. The van der Waals surface area contributed by atoms with Crippen LogP contribution < -0.4 is 20.9 Å². The molecule has 4 heterocycles. The highest BCUT2D eigenvalue weighted by Gasteiger charge is 2.33. The Morgan fingerprint density at radius 1 is 1.21 bits per heavy atom. The largest absolute Gasteiger partial charge is 0.386 e. The maximum atomic E-state index is 14.9. The van der Waals surface area contributed by atoms with Crippen LogP contribution in [0.4, 0.5) is 20.2 Å². The van der Waals surface area contributed by atoms with Gasteiger partial charge in [-0.05, 0) is 49.9 Å². The molecule has 2 aliphatic heterocycles. The van der Waals surface area contributed by atoms with Gasteiger partial charge in [0.15, 0.2) is 0 Å². The summed E-state index contributed by atoms with van der Waals surface area (Å²) >= 11 is 1.32. The molecular weight excluding hydrogens is 444 g/mol. The number of aryl methyl sites for hydroxylation is 1. The topological polar surface area (TPSA) is 69.3 Å². The molecule has 0 aliphatic carbocycles. The summed E-state index contributed by atoms with van der Waals surface area (Å²) in [5.41, 5.74) is 2.20. The first-order chi connectivity index (χ1) is 15.9. The van der Waals surface area contributed by atoms with Crippen molar-refractivity contribution in [3.63, 3.8) is 0 Å². The number of rotatable bonds is 6. The number of carbonyl (C=O) groups excluding carboxylic acids is 1. The molecule has 0 radical (unpaired) electrons. The van der Waals surface area contributed by atoms with Crippen LogP contribution in [0.25, 0.3) is 10.2 Å². The van der Waals surface area contributed by atoms with E-state index in [0.29, 0.717) is 35.7 Å². The Kier molecular flexibility index (Phi) is 5.92. The molecule has 6 nitrogen and oxygen atoms in total. The van der Waals surface area contributed by atoms with Gasteiger partial charge in [-0.3, -0.25) is 4.79 Å². The van der Waals surface area contributed by atoms with Crippen LogP contribution in [-0.2, 0) is 6.42 Å². The van der Waals surface area contributed by atoms with Crippen molar-refractivity contribution in [3.8, 4) is 0 Å². The number of amides is 1. The molecule has 33 heavy (non-hydrogen) atoms. The van der Waals surface area contributed by atoms with E-state index in [1.54, 1.807) is 7.05 Å². The van der Waals surface area contributed by atoms with Gasteiger partial charge in [0.05, 0.1) is 11.4 Å². The normalized spacial score (nSPS) is 19.8. The highest BCUT2D eigenvalue weighted by molar-refractivity contribution is 7.21. The molecule has 3 N–H and O–H groups in total. The zero-order valence-corrected chi connectivity index (χ0v) is 19.5. The third-order valence-corrected chi connectivity index (χ3v) is 7.60. The summed E-state index contributed by atoms with van der Waals surface area (Å²) < 4.78 is 29.7. The van der Waals surface area contributed by atoms with Crippen molar-refractivity contribution in [2.24, 2.45) is 0 Å². The van der Waals surface area contributed by atoms with E-state index in [1.807, 2.05) is 24.0 Å². The molecule has 2 saturated heterocycles. The molecular formula is C24H27F2N5OS. The quantitative estimate of drug-likeness (QED) is 0.510. The van der Waals surface area contributed by atoms with E-state index in [0.717, 1.165) is 34.4 Å². The number of nitrogens with zero attached hydrogens (tertiary/aromatic N) is 2. The fourth-order valence-corrected chi connectivity index (χ4v) is 6.02. The predicted molar refractivity (Wildman–Crippen MR) is 128 cm³/mol. The van der Waals surface area contributed by atoms with E-state index in [-0.39, 0.29) is 24.4 Å². The smallest absolute Gasteiger partial charge is 0.263 e. The van der Waals surface area contributed by atoms with Crippen LogP contribution in [0.3, 0.4) is 0 Å². The van der Waals surface area contributed by atoms with E-state index in [9.17, 15) is 13.6 Å². The molecule has 3 aromatic rings. The van der Waals surface area contributed by atoms with Gasteiger partial charge in [0.2, 0.25) is 0 Å². The zero-order chi connectivity index (χ0) is 23.1. The molecule has 2 aliphatic rings. The van der Waals surface area contributed by atoms with Crippen LogP contribution >= 0.6 is 11.3 Å². The molecule has 2 aromatic heterocycles. The summed E-state index contributed by atoms with van der Waals surface area (Å²) in [5.74, 6) is -1.11. The Bertz CT molecular complexity index is 1200. The van der Waals surface area contributed by atoms with Crippen molar-refractivity contribution in [1.29, 1.82) is 0 Å². The van der Waals surface area contributed by atoms with Crippen LogP contribution in [0.15, 0.2) is 24.3 Å². The first-order valence-corrected chi connectivity index (χ1v) is 12.1. The van der Waals surface area contributed by atoms with Gasteiger partial charge in [0.1, 0.15) is 21.3 Å². The minimum absolute atomic E-state index is 0.205. The lowest BCUT2D eigenvalue weighted by Crippen LogP contribution is -2.51. The monoisotopic (exact) mass is 471 g/mol. The lowest BCUT2D eigenvalue weighted by molar-refractivity contribution is 0.0959. The number of halogens is 2. The number of nitrogens with one attached hydrogen (secondary N) is 3. The van der Waals surface area contributed by atoms with Gasteiger partial charge < -0.3 is 20.9 Å². The van der Waals surface area contributed by atoms with Gasteiger partial charge in [0, 0.05) is 55.9 Å². The van der Waals surface area contributed by atoms with E-state index in [1.165, 1.54) is 23.5 Å². The average molecular weight is 472 g/mol. The molecule has 1 aromatic carbocycles. The minimum Gasteiger partial charge on any atom is -0.386 e. The highest BCUT2D eigenvalue weighted by Crippen LogP contribution is 2.34. The molecule has 2 atom stereocenters. The fraction of sp³-hybridized carbons (Fsp3) is 0.417. The van der Waals surface area contributed by atoms with Crippen molar-refractivity contribution in [2.45, 2.75) is 38.3 Å². The summed E-state index contributed by atoms with van der Waals surface area (Å²) in [4.78, 5) is 20.6. The molecule has 2 fully saturated rings. The number of aromatic nitrogens is 1. The number of fused-ring (bicyclic) bond motifs is 3. The first kappa shape index (κ1) is 22.0. The predicted octanol–water partition coefficient (Wildman–Crippen LogP) is 3.84. The number of pyridine rings is 1. The summed E-state index contributed by atoms with van der Waals surface area (Å²) in [7, 11) is 1.77. The molecule has 0 saturated carbocycles. The second-order valence-electron chi connectivity index (χ2n) is 8.81. The van der Waals surface area contributed by atoms with Gasteiger partial charge in [-0.1, -0.05) is 0 Å². The fourth-order valence-electron chi connectivity index (χ4n) is 4.88. The molecule has 5 rings (SSSR count). The number of piperazine rings is 1. The summed E-state index contributed by atoms with van der Waals surface area (Å²) in [5, 5.41) is 10.3. The van der Waals surface area contributed by atoms with Gasteiger partial charge in [-0.25, -0.2) is 13.8 Å². The Labute approximate surface area is 195 Å². The minimum atomic E-state index is -0.441. The van der Waals surface area contributed by atoms with Crippen LogP contribution in [0, 0.1) is 18.6 Å². The third kappa shape index (κ3) is 4.27. The van der Waals surface area contributed by atoms with Crippen molar-refractivity contribution in [3.05, 3.63) is 52.0 Å². The molecule has 0 spiro atoms. The standard InChI is InChI=1S/C24H27F2N5OS/c1-13-3-6-17-21(27-2)22(33-24(17)29-13)23(32)28-8-7-14-9-19(26)20(10-18(14)25)31-11-15-4-5-16(12-31)30-15/h3,6,9-10,15-16,27,30H,4-5,7-8,11-12H2,1-2H3,(H,28,32)/t15-,16+. The number of thiophene rings is 1. The first-order valence-electron chi connectivity index (χ1n) is 11.3. The second-order valence-corrected chi connectivity index (χ2v) is 9.80. The number of hydrogen-bond donors (Lipinski definition) is 3. The van der Waals surface area contributed by atoms with Gasteiger partial charge in [-0.2, -0.15) is 0 Å². The average Bonchev–Trinajstić information content (AvgIpc) is 3.33. The SMILES string of the molecule is CNc1c(C(=O)NCCc2cc(F)c(N3C[C@H]4CC[C@@H](C3)N4)cc2F)sc2nc(C)ccc12. The number of carbonyl (C=O) groups is 1. The van der Waals surface area contributed by atoms with Crippen molar-refractivity contribution in [2.75, 3.05) is 36.9 Å². The van der Waals surface area contributed by atoms with E-state index in [2.05, 4.69) is 20.9 Å². The summed E-state index contributed by atoms with van der Waals surface area (Å²) in [6, 6.07) is 7.11. The van der Waals surface area contributed by atoms with Crippen LogP contribution in [0.5, 0.6) is 0 Å². The maximum Gasteiger partial charge on any atom is 0.263 e. The van der Waals surface area contributed by atoms with Crippen molar-refractivity contribution < 1.29 is 13.6 Å². The molecule has 1 amide bonds. The Morgan fingerprint density at radius 2 is 1.97 bits per heavy atom. The van der Waals surface area contributed by atoms with Gasteiger partial charge >= 0.3 is 0 Å². The number of anilines is 2. The maximum absolute atomic E-state index is 14.9. The lowest BCUT2D eigenvalue weighted by Gasteiger charge is -2.34. The number of benzene rings is 1. The molecule has 2 bridgehead atoms. The van der Waals surface area contributed by atoms with Crippen LogP contribution in [0.2, 0.25) is 0 Å². The van der Waals surface area contributed by atoms with E-state index in [4.69, 9.17) is 0 Å². The molecule has 9 heteroatoms. The molecule has 174 valence electrons. The van der Waals surface area contributed by atoms with Gasteiger partial charge in [-0.15, -0.1) is 11.3 Å².